The van der Waals surface area contributed by atoms with E-state index in [4.69, 9.17) is 5.73 Å². The zero-order valence-corrected chi connectivity index (χ0v) is 13.3. The number of sulfonamides is 1. The van der Waals surface area contributed by atoms with Gasteiger partial charge in [-0.2, -0.15) is 0 Å². The van der Waals surface area contributed by atoms with E-state index in [1.54, 1.807) is 6.92 Å². The van der Waals surface area contributed by atoms with E-state index in [0.29, 0.717) is 29.4 Å². The highest BCUT2D eigenvalue weighted by Crippen LogP contribution is 2.29. The minimum atomic E-state index is -3.76. The number of hydrogen-bond donors (Lipinski definition) is 2. The van der Waals surface area contributed by atoms with Crippen LogP contribution in [-0.4, -0.2) is 26.4 Å². The van der Waals surface area contributed by atoms with Crippen LogP contribution in [0.5, 0.6) is 0 Å². The summed E-state index contributed by atoms with van der Waals surface area (Å²) in [5, 5.41) is 10.9. The molecule has 7 nitrogen and oxygen atoms in total. The first kappa shape index (κ1) is 17.0. The van der Waals surface area contributed by atoms with Crippen molar-refractivity contribution in [3.05, 3.63) is 32.3 Å². The molecule has 0 unspecified atom stereocenters. The summed E-state index contributed by atoms with van der Waals surface area (Å²) in [6.07, 6.45) is 1.32. The molecule has 0 aliphatic heterocycles. The maximum atomic E-state index is 12.0. The Labute approximate surface area is 125 Å². The number of hydrogen-bond acceptors (Lipinski definition) is 5. The Hall–Kier alpha value is -1.03. The SMILES string of the molecule is Cc1c(Br)cc(S(=O)(=O)NCCCCN)cc1[N+](=O)[O-]. The highest BCUT2D eigenvalue weighted by atomic mass is 79.9. The van der Waals surface area contributed by atoms with Crippen molar-refractivity contribution in [1.82, 2.24) is 4.72 Å². The van der Waals surface area contributed by atoms with Gasteiger partial charge in [0.15, 0.2) is 0 Å². The van der Waals surface area contributed by atoms with Crippen LogP contribution in [-0.2, 0) is 10.0 Å². The summed E-state index contributed by atoms with van der Waals surface area (Å²) in [6, 6.07) is 2.42. The molecule has 1 aromatic rings. The van der Waals surface area contributed by atoms with Crippen LogP contribution in [0, 0.1) is 17.0 Å². The van der Waals surface area contributed by atoms with Crippen LogP contribution in [0.4, 0.5) is 5.69 Å². The largest absolute Gasteiger partial charge is 0.330 e. The molecular formula is C11H16BrN3O4S. The van der Waals surface area contributed by atoms with Gasteiger partial charge in [0.1, 0.15) is 0 Å². The normalized spacial score (nSPS) is 11.6. The van der Waals surface area contributed by atoms with E-state index in [1.807, 2.05) is 0 Å². The molecule has 0 radical (unpaired) electrons. The first-order chi connectivity index (χ1) is 9.29. The average molecular weight is 366 g/mol. The fourth-order valence-electron chi connectivity index (χ4n) is 1.54. The standard InChI is InChI=1S/C11H16BrN3O4S/c1-8-10(12)6-9(7-11(8)15(16)17)20(18,19)14-5-3-2-4-13/h6-7,14H,2-5,13H2,1H3. The van der Waals surface area contributed by atoms with E-state index >= 15 is 0 Å². The summed E-state index contributed by atoms with van der Waals surface area (Å²) in [5.41, 5.74) is 5.47. The lowest BCUT2D eigenvalue weighted by atomic mass is 10.2. The third-order valence-corrected chi connectivity index (χ3v) is 4.98. The van der Waals surface area contributed by atoms with Crippen LogP contribution in [0.3, 0.4) is 0 Å². The van der Waals surface area contributed by atoms with Gasteiger partial charge < -0.3 is 5.73 Å². The maximum absolute atomic E-state index is 12.0. The predicted octanol–water partition coefficient (Wildman–Crippen LogP) is 1.68. The molecule has 0 atom stereocenters. The number of nitro groups is 1. The van der Waals surface area contributed by atoms with Gasteiger partial charge in [0, 0.05) is 22.6 Å². The van der Waals surface area contributed by atoms with E-state index in [-0.39, 0.29) is 17.1 Å². The molecule has 0 saturated heterocycles. The Morgan fingerprint density at radius 3 is 2.60 bits per heavy atom. The third-order valence-electron chi connectivity index (χ3n) is 2.72. The van der Waals surface area contributed by atoms with E-state index in [2.05, 4.69) is 20.7 Å². The van der Waals surface area contributed by atoms with Crippen molar-refractivity contribution in [2.45, 2.75) is 24.7 Å². The van der Waals surface area contributed by atoms with Gasteiger partial charge in [-0.3, -0.25) is 10.1 Å². The van der Waals surface area contributed by atoms with E-state index in [9.17, 15) is 18.5 Å². The van der Waals surface area contributed by atoms with Crippen LogP contribution < -0.4 is 10.5 Å². The Morgan fingerprint density at radius 2 is 2.05 bits per heavy atom. The van der Waals surface area contributed by atoms with Gasteiger partial charge in [0.2, 0.25) is 10.0 Å². The third kappa shape index (κ3) is 4.23. The van der Waals surface area contributed by atoms with Crippen molar-refractivity contribution >= 4 is 31.6 Å². The van der Waals surface area contributed by atoms with Crippen molar-refractivity contribution in [3.8, 4) is 0 Å². The van der Waals surface area contributed by atoms with Gasteiger partial charge in [0.25, 0.3) is 5.69 Å². The van der Waals surface area contributed by atoms with Crippen molar-refractivity contribution in [2.24, 2.45) is 5.73 Å². The van der Waals surface area contributed by atoms with E-state index in [1.165, 1.54) is 6.07 Å². The fraction of sp³-hybridized carbons (Fsp3) is 0.455. The molecule has 0 fully saturated rings. The van der Waals surface area contributed by atoms with Crippen LogP contribution in [0.1, 0.15) is 18.4 Å². The second-order valence-electron chi connectivity index (χ2n) is 4.20. The Morgan fingerprint density at radius 1 is 1.40 bits per heavy atom. The van der Waals surface area contributed by atoms with Gasteiger partial charge >= 0.3 is 0 Å². The van der Waals surface area contributed by atoms with Gasteiger partial charge in [-0.1, -0.05) is 15.9 Å². The van der Waals surface area contributed by atoms with Crippen LogP contribution >= 0.6 is 15.9 Å². The molecule has 112 valence electrons. The zero-order chi connectivity index (χ0) is 15.3. The molecule has 0 aromatic heterocycles. The molecule has 1 aromatic carbocycles. The van der Waals surface area contributed by atoms with Crippen LogP contribution in [0.2, 0.25) is 0 Å². The van der Waals surface area contributed by atoms with Crippen LogP contribution in [0.25, 0.3) is 0 Å². The summed E-state index contributed by atoms with van der Waals surface area (Å²) in [6.45, 7) is 2.29. The number of halogens is 1. The van der Waals surface area contributed by atoms with Gasteiger partial charge in [-0.25, -0.2) is 13.1 Å². The first-order valence-corrected chi connectivity index (χ1v) is 8.21. The molecule has 9 heteroatoms. The number of nitrogens with zero attached hydrogens (tertiary/aromatic N) is 1. The van der Waals surface area contributed by atoms with Crippen molar-refractivity contribution < 1.29 is 13.3 Å². The lowest BCUT2D eigenvalue weighted by molar-refractivity contribution is -0.385. The number of nitrogens with one attached hydrogen (secondary N) is 1. The van der Waals surface area contributed by atoms with E-state index in [0.717, 1.165) is 6.07 Å². The van der Waals surface area contributed by atoms with Crippen LogP contribution in [0.15, 0.2) is 21.5 Å². The molecule has 3 N–H and O–H groups in total. The van der Waals surface area contributed by atoms with Gasteiger partial charge in [0.05, 0.1) is 9.82 Å². The summed E-state index contributed by atoms with van der Waals surface area (Å²) in [4.78, 5) is 10.2. The van der Waals surface area contributed by atoms with Crippen molar-refractivity contribution in [3.63, 3.8) is 0 Å². The molecule has 0 aliphatic carbocycles. The number of benzene rings is 1. The molecule has 0 saturated carbocycles. The lowest BCUT2D eigenvalue weighted by Gasteiger charge is -2.08. The summed E-state index contributed by atoms with van der Waals surface area (Å²) >= 11 is 3.14. The molecule has 0 spiro atoms. The first-order valence-electron chi connectivity index (χ1n) is 5.94. The zero-order valence-electron chi connectivity index (χ0n) is 10.9. The molecule has 0 bridgehead atoms. The highest BCUT2D eigenvalue weighted by molar-refractivity contribution is 9.10. The molecular weight excluding hydrogens is 350 g/mol. The summed E-state index contributed by atoms with van der Waals surface area (Å²) < 4.78 is 26.9. The average Bonchev–Trinajstić information content (AvgIpc) is 2.37. The predicted molar refractivity (Wildman–Crippen MR) is 79.0 cm³/mol. The molecule has 0 heterocycles. The molecule has 0 amide bonds. The van der Waals surface area contributed by atoms with Crippen molar-refractivity contribution in [1.29, 1.82) is 0 Å². The maximum Gasteiger partial charge on any atom is 0.274 e. The smallest absolute Gasteiger partial charge is 0.274 e. The topological polar surface area (TPSA) is 115 Å². The second-order valence-corrected chi connectivity index (χ2v) is 6.82. The minimum absolute atomic E-state index is 0.130. The molecule has 0 aliphatic rings. The monoisotopic (exact) mass is 365 g/mol. The van der Waals surface area contributed by atoms with Crippen molar-refractivity contribution in [2.75, 3.05) is 13.1 Å². The number of rotatable bonds is 7. The highest BCUT2D eigenvalue weighted by Gasteiger charge is 2.21. The van der Waals surface area contributed by atoms with Gasteiger partial charge in [-0.15, -0.1) is 0 Å². The fourth-order valence-corrected chi connectivity index (χ4v) is 3.26. The summed E-state index contributed by atoms with van der Waals surface area (Å²) in [7, 11) is -3.76. The number of nitrogens with two attached hydrogens (primary N) is 1. The Bertz CT molecular complexity index is 604. The minimum Gasteiger partial charge on any atom is -0.330 e. The number of nitro benzene ring substituents is 1. The molecule has 1 rings (SSSR count). The quantitative estimate of drug-likeness (QED) is 0.433. The van der Waals surface area contributed by atoms with E-state index < -0.39 is 14.9 Å². The Balaban J connectivity index is 3.04. The lowest BCUT2D eigenvalue weighted by Crippen LogP contribution is -2.25. The Kier molecular flexibility index (Phi) is 6.06. The van der Waals surface area contributed by atoms with Gasteiger partial charge in [-0.05, 0) is 32.4 Å². The number of unbranched alkanes of at least 4 members (excludes halogenated alkanes) is 1. The summed E-state index contributed by atoms with van der Waals surface area (Å²) in [5.74, 6) is 0. The molecule has 20 heavy (non-hydrogen) atoms. The second kappa shape index (κ2) is 7.11.